The summed E-state index contributed by atoms with van der Waals surface area (Å²) in [6, 6.07) is 1.86. The molecule has 2 aromatic heterocycles. The highest BCUT2D eigenvalue weighted by Gasteiger charge is 2.20. The molecule has 1 atom stereocenters. The predicted octanol–water partition coefficient (Wildman–Crippen LogP) is 1.38. The number of hydrogen-bond donors (Lipinski definition) is 1. The summed E-state index contributed by atoms with van der Waals surface area (Å²) in [5.74, 6) is 1.39. The molecule has 1 N–H and O–H groups in total. The average Bonchev–Trinajstić information content (AvgIpc) is 2.70. The van der Waals surface area contributed by atoms with Gasteiger partial charge in [-0.3, -0.25) is 0 Å². The van der Waals surface area contributed by atoms with Crippen LogP contribution < -0.4 is 9.64 Å². The van der Waals surface area contributed by atoms with E-state index in [-0.39, 0.29) is 6.10 Å². The van der Waals surface area contributed by atoms with E-state index in [9.17, 15) is 5.11 Å². The van der Waals surface area contributed by atoms with Gasteiger partial charge in [-0.15, -0.1) is 0 Å². The third kappa shape index (κ3) is 2.38. The molecule has 3 heterocycles. The summed E-state index contributed by atoms with van der Waals surface area (Å²) in [6.07, 6.45) is 5.59. The van der Waals surface area contributed by atoms with Crippen molar-refractivity contribution in [3.63, 3.8) is 0 Å². The van der Waals surface area contributed by atoms with Gasteiger partial charge in [0.1, 0.15) is 17.5 Å². The molecule has 0 spiro atoms. The Kier molecular flexibility index (Phi) is 3.64. The zero-order valence-electron chi connectivity index (χ0n) is 11.5. The minimum absolute atomic E-state index is 0.215. The van der Waals surface area contributed by atoms with Crippen LogP contribution in [0.15, 0.2) is 18.6 Å². The van der Waals surface area contributed by atoms with Crippen molar-refractivity contribution in [1.29, 1.82) is 0 Å². The van der Waals surface area contributed by atoms with Gasteiger partial charge in [0.2, 0.25) is 5.88 Å². The molecule has 1 aliphatic heterocycles. The molecule has 6 nitrogen and oxygen atoms in total. The maximum absolute atomic E-state index is 9.77. The molecule has 0 saturated carbocycles. The monoisotopic (exact) mass is 274 g/mol. The highest BCUT2D eigenvalue weighted by atomic mass is 16.5. The first-order valence-corrected chi connectivity index (χ1v) is 6.86. The number of fused-ring (bicyclic) bond motifs is 1. The second-order valence-electron chi connectivity index (χ2n) is 4.98. The molecule has 1 unspecified atom stereocenters. The molecule has 1 fully saturated rings. The summed E-state index contributed by atoms with van der Waals surface area (Å²) in [5.41, 5.74) is 0.826. The van der Waals surface area contributed by atoms with Crippen molar-refractivity contribution in [2.24, 2.45) is 0 Å². The number of pyridine rings is 1. The maximum atomic E-state index is 9.77. The van der Waals surface area contributed by atoms with Crippen LogP contribution in [0.4, 0.5) is 5.82 Å². The van der Waals surface area contributed by atoms with Crippen molar-refractivity contribution in [2.75, 3.05) is 25.1 Å². The van der Waals surface area contributed by atoms with Crippen molar-refractivity contribution in [3.05, 3.63) is 18.6 Å². The van der Waals surface area contributed by atoms with Crippen molar-refractivity contribution in [3.8, 4) is 5.88 Å². The molecule has 0 aliphatic carbocycles. The van der Waals surface area contributed by atoms with Crippen LogP contribution in [0.1, 0.15) is 19.3 Å². The lowest BCUT2D eigenvalue weighted by molar-refractivity contribution is 0.161. The van der Waals surface area contributed by atoms with Gasteiger partial charge in [0, 0.05) is 19.3 Å². The van der Waals surface area contributed by atoms with Crippen LogP contribution in [0.25, 0.3) is 10.9 Å². The molecule has 2 aromatic rings. The lowest BCUT2D eigenvalue weighted by Crippen LogP contribution is -2.26. The Bertz CT molecular complexity index is 599. The van der Waals surface area contributed by atoms with Crippen LogP contribution in [-0.2, 0) is 0 Å². The largest absolute Gasteiger partial charge is 0.480 e. The maximum Gasteiger partial charge on any atom is 0.226 e. The Hall–Kier alpha value is -1.95. The average molecular weight is 274 g/mol. The van der Waals surface area contributed by atoms with Crippen molar-refractivity contribution >= 4 is 16.7 Å². The summed E-state index contributed by atoms with van der Waals surface area (Å²) in [7, 11) is 1.60. The van der Waals surface area contributed by atoms with Crippen molar-refractivity contribution in [2.45, 2.75) is 25.4 Å². The highest BCUT2D eigenvalue weighted by molar-refractivity contribution is 5.93. The van der Waals surface area contributed by atoms with Crippen LogP contribution in [0.3, 0.4) is 0 Å². The number of hydrogen-bond acceptors (Lipinski definition) is 6. The van der Waals surface area contributed by atoms with Crippen molar-refractivity contribution in [1.82, 2.24) is 15.0 Å². The normalized spacial score (nSPS) is 19.9. The summed E-state index contributed by atoms with van der Waals surface area (Å²) in [6.45, 7) is 1.66. The van der Waals surface area contributed by atoms with E-state index in [0.29, 0.717) is 5.88 Å². The second kappa shape index (κ2) is 5.58. The number of methoxy groups -OCH3 is 1. The number of rotatable bonds is 2. The first-order valence-electron chi connectivity index (χ1n) is 6.86. The predicted molar refractivity (Wildman–Crippen MR) is 76.0 cm³/mol. The molecule has 0 aromatic carbocycles. The standard InChI is InChI=1S/C14H18N4O2/c1-20-14-12-11(4-6-15-14)16-9-17-13(12)18-7-2-3-10(19)5-8-18/h4,6,9-10,19H,2-3,5,7-8H2,1H3. The SMILES string of the molecule is COc1nccc2ncnc(N3CCCC(O)CC3)c12. The van der Waals surface area contributed by atoms with Crippen molar-refractivity contribution < 1.29 is 9.84 Å². The first kappa shape index (κ1) is 13.1. The Labute approximate surface area is 117 Å². The number of anilines is 1. The topological polar surface area (TPSA) is 71.4 Å². The van der Waals surface area contributed by atoms with Crippen LogP contribution in [0.5, 0.6) is 5.88 Å². The molecule has 1 saturated heterocycles. The lowest BCUT2D eigenvalue weighted by Gasteiger charge is -2.23. The van der Waals surface area contributed by atoms with Gasteiger partial charge in [0.15, 0.2) is 0 Å². The van der Waals surface area contributed by atoms with E-state index in [1.807, 2.05) is 6.07 Å². The van der Waals surface area contributed by atoms with Gasteiger partial charge in [-0.25, -0.2) is 15.0 Å². The number of aliphatic hydroxyl groups excluding tert-OH is 1. The number of aromatic nitrogens is 3. The Morgan fingerprint density at radius 2 is 2.15 bits per heavy atom. The van der Waals surface area contributed by atoms with Gasteiger partial charge >= 0.3 is 0 Å². The number of ether oxygens (including phenoxy) is 1. The smallest absolute Gasteiger partial charge is 0.226 e. The Morgan fingerprint density at radius 1 is 1.25 bits per heavy atom. The number of aliphatic hydroxyl groups is 1. The minimum atomic E-state index is -0.215. The van der Waals surface area contributed by atoms with E-state index in [4.69, 9.17) is 4.74 Å². The first-order chi connectivity index (χ1) is 9.79. The van der Waals surface area contributed by atoms with Gasteiger partial charge < -0.3 is 14.7 Å². The summed E-state index contributed by atoms with van der Waals surface area (Å²) >= 11 is 0. The molecule has 1 aliphatic rings. The Balaban J connectivity index is 2.06. The zero-order chi connectivity index (χ0) is 13.9. The fraction of sp³-hybridized carbons (Fsp3) is 0.500. The molecular weight excluding hydrogens is 256 g/mol. The summed E-state index contributed by atoms with van der Waals surface area (Å²) < 4.78 is 5.34. The molecule has 3 rings (SSSR count). The van der Waals surface area contributed by atoms with Crippen LogP contribution in [-0.4, -0.2) is 46.4 Å². The van der Waals surface area contributed by atoms with Gasteiger partial charge in [-0.05, 0) is 25.3 Å². The molecule has 20 heavy (non-hydrogen) atoms. The van der Waals surface area contributed by atoms with Gasteiger partial charge in [0.05, 0.1) is 18.7 Å². The third-order valence-electron chi connectivity index (χ3n) is 3.69. The van der Waals surface area contributed by atoms with Crippen LogP contribution >= 0.6 is 0 Å². The molecule has 0 bridgehead atoms. The van der Waals surface area contributed by atoms with Gasteiger partial charge in [-0.2, -0.15) is 0 Å². The minimum Gasteiger partial charge on any atom is -0.480 e. The van der Waals surface area contributed by atoms with Gasteiger partial charge in [0.25, 0.3) is 0 Å². The molecule has 0 radical (unpaired) electrons. The quantitative estimate of drug-likeness (QED) is 0.892. The highest BCUT2D eigenvalue weighted by Crippen LogP contribution is 2.30. The Morgan fingerprint density at radius 3 is 3.00 bits per heavy atom. The number of nitrogens with zero attached hydrogens (tertiary/aromatic N) is 4. The summed E-state index contributed by atoms with van der Waals surface area (Å²) in [5, 5.41) is 10.6. The molecule has 106 valence electrons. The molecule has 6 heteroatoms. The molecular formula is C14H18N4O2. The lowest BCUT2D eigenvalue weighted by atomic mass is 10.2. The second-order valence-corrected chi connectivity index (χ2v) is 4.98. The van der Waals surface area contributed by atoms with E-state index in [0.717, 1.165) is 49.1 Å². The zero-order valence-corrected chi connectivity index (χ0v) is 11.5. The molecule has 0 amide bonds. The van der Waals surface area contributed by atoms with Gasteiger partial charge in [-0.1, -0.05) is 0 Å². The van der Waals surface area contributed by atoms with E-state index in [1.54, 1.807) is 19.6 Å². The van der Waals surface area contributed by atoms with Crippen LogP contribution in [0, 0.1) is 0 Å². The van der Waals surface area contributed by atoms with E-state index in [1.165, 1.54) is 0 Å². The van der Waals surface area contributed by atoms with Crippen LogP contribution in [0.2, 0.25) is 0 Å². The van der Waals surface area contributed by atoms with E-state index < -0.39 is 0 Å². The third-order valence-corrected chi connectivity index (χ3v) is 3.69. The van der Waals surface area contributed by atoms with E-state index in [2.05, 4.69) is 19.9 Å². The van der Waals surface area contributed by atoms with E-state index >= 15 is 0 Å². The fourth-order valence-corrected chi connectivity index (χ4v) is 2.65. The fourth-order valence-electron chi connectivity index (χ4n) is 2.65. The summed E-state index contributed by atoms with van der Waals surface area (Å²) in [4.78, 5) is 15.1.